The highest BCUT2D eigenvalue weighted by molar-refractivity contribution is 14.1. The van der Waals surface area contributed by atoms with Crippen molar-refractivity contribution < 1.29 is 9.47 Å². The molecule has 0 aliphatic carbocycles. The van der Waals surface area contributed by atoms with Gasteiger partial charge in [0.05, 0.1) is 28.7 Å². The Bertz CT molecular complexity index is 519. The van der Waals surface area contributed by atoms with Gasteiger partial charge in [-0.3, -0.25) is 0 Å². The monoisotopic (exact) mass is 375 g/mol. The topological polar surface area (TPSA) is 44.5 Å². The van der Waals surface area contributed by atoms with Crippen LogP contribution in [0.5, 0.6) is 11.5 Å². The van der Waals surface area contributed by atoms with Gasteiger partial charge < -0.3 is 15.2 Å². The Labute approximate surface area is 124 Å². The van der Waals surface area contributed by atoms with Gasteiger partial charge in [-0.15, -0.1) is 11.3 Å². The van der Waals surface area contributed by atoms with E-state index < -0.39 is 0 Å². The molecule has 1 aromatic carbocycles. The highest BCUT2D eigenvalue weighted by Crippen LogP contribution is 2.37. The number of methoxy groups -OCH3 is 2. The zero-order valence-corrected chi connectivity index (χ0v) is 13.1. The fourth-order valence-corrected chi connectivity index (χ4v) is 3.25. The standard InChI is InChI=1S/C13H14INO2S/c1-16-9-4-3-5-10(17-2)12(9)13(15)8-6-11(14)18-7-8/h3-7,13H,15H2,1-2H3. The molecule has 0 fully saturated rings. The molecular weight excluding hydrogens is 361 g/mol. The van der Waals surface area contributed by atoms with E-state index in [1.807, 2.05) is 18.2 Å². The van der Waals surface area contributed by atoms with Crippen LogP contribution in [-0.2, 0) is 0 Å². The molecule has 0 saturated heterocycles. The maximum atomic E-state index is 6.33. The van der Waals surface area contributed by atoms with E-state index in [-0.39, 0.29) is 6.04 Å². The smallest absolute Gasteiger partial charge is 0.127 e. The van der Waals surface area contributed by atoms with E-state index in [9.17, 15) is 0 Å². The van der Waals surface area contributed by atoms with Crippen molar-refractivity contribution in [3.8, 4) is 11.5 Å². The number of nitrogens with two attached hydrogens (primary N) is 1. The molecule has 0 radical (unpaired) electrons. The van der Waals surface area contributed by atoms with Crippen molar-refractivity contribution in [1.82, 2.24) is 0 Å². The van der Waals surface area contributed by atoms with Crippen LogP contribution >= 0.6 is 33.9 Å². The average molecular weight is 375 g/mol. The number of halogens is 1. The Kier molecular flexibility index (Phi) is 4.47. The van der Waals surface area contributed by atoms with Crippen molar-refractivity contribution in [2.75, 3.05) is 14.2 Å². The second-order valence-electron chi connectivity index (χ2n) is 3.74. The second-order valence-corrected chi connectivity index (χ2v) is 6.54. The van der Waals surface area contributed by atoms with Crippen LogP contribution in [0.1, 0.15) is 17.2 Å². The molecule has 1 heterocycles. The highest BCUT2D eigenvalue weighted by atomic mass is 127. The Morgan fingerprint density at radius 3 is 2.28 bits per heavy atom. The predicted molar refractivity (Wildman–Crippen MR) is 82.6 cm³/mol. The third kappa shape index (κ3) is 2.62. The van der Waals surface area contributed by atoms with Crippen LogP contribution in [0.4, 0.5) is 0 Å². The summed E-state index contributed by atoms with van der Waals surface area (Å²) in [5.74, 6) is 1.51. The van der Waals surface area contributed by atoms with Crippen LogP contribution in [0.25, 0.3) is 0 Å². The van der Waals surface area contributed by atoms with Gasteiger partial charge in [0, 0.05) is 0 Å². The summed E-state index contributed by atoms with van der Waals surface area (Å²) in [6, 6.07) is 7.53. The zero-order valence-electron chi connectivity index (χ0n) is 10.1. The number of ether oxygens (including phenoxy) is 2. The van der Waals surface area contributed by atoms with E-state index in [1.165, 1.54) is 2.88 Å². The van der Waals surface area contributed by atoms with E-state index in [0.29, 0.717) is 0 Å². The lowest BCUT2D eigenvalue weighted by Crippen LogP contribution is -2.13. The van der Waals surface area contributed by atoms with Crippen molar-refractivity contribution in [3.63, 3.8) is 0 Å². The molecular formula is C13H14INO2S. The summed E-state index contributed by atoms with van der Waals surface area (Å²) >= 11 is 3.97. The van der Waals surface area contributed by atoms with Gasteiger partial charge in [0.25, 0.3) is 0 Å². The number of hydrogen-bond acceptors (Lipinski definition) is 4. The summed E-state index contributed by atoms with van der Waals surface area (Å²) in [5.41, 5.74) is 8.29. The SMILES string of the molecule is COc1cccc(OC)c1C(N)c1csc(I)c1. The molecule has 1 aromatic heterocycles. The molecule has 0 spiro atoms. The lowest BCUT2D eigenvalue weighted by atomic mass is 10.00. The van der Waals surface area contributed by atoms with Crippen molar-refractivity contribution in [2.24, 2.45) is 5.73 Å². The maximum Gasteiger partial charge on any atom is 0.127 e. The molecule has 3 nitrogen and oxygen atoms in total. The first-order valence-corrected chi connectivity index (χ1v) is 7.33. The van der Waals surface area contributed by atoms with Crippen molar-refractivity contribution in [3.05, 3.63) is 43.7 Å². The molecule has 0 saturated carbocycles. The average Bonchev–Trinajstić information content (AvgIpc) is 2.83. The minimum atomic E-state index is -0.240. The van der Waals surface area contributed by atoms with E-state index in [1.54, 1.807) is 25.6 Å². The third-order valence-electron chi connectivity index (χ3n) is 2.72. The highest BCUT2D eigenvalue weighted by Gasteiger charge is 2.19. The van der Waals surface area contributed by atoms with Crippen molar-refractivity contribution in [1.29, 1.82) is 0 Å². The van der Waals surface area contributed by atoms with Gasteiger partial charge in [-0.2, -0.15) is 0 Å². The Morgan fingerprint density at radius 1 is 1.22 bits per heavy atom. The van der Waals surface area contributed by atoms with Crippen LogP contribution in [0.2, 0.25) is 0 Å². The van der Waals surface area contributed by atoms with E-state index in [2.05, 4.69) is 34.0 Å². The van der Waals surface area contributed by atoms with Gasteiger partial charge in [0.15, 0.2) is 0 Å². The molecule has 0 bridgehead atoms. The van der Waals surface area contributed by atoms with Crippen LogP contribution < -0.4 is 15.2 Å². The normalized spacial score (nSPS) is 12.2. The molecule has 2 rings (SSSR count). The summed E-state index contributed by atoms with van der Waals surface area (Å²) in [5, 5.41) is 2.07. The lowest BCUT2D eigenvalue weighted by molar-refractivity contribution is 0.382. The first kappa shape index (κ1) is 13.6. The number of rotatable bonds is 4. The molecule has 0 aliphatic rings. The number of hydrogen-bond donors (Lipinski definition) is 1. The summed E-state index contributed by atoms with van der Waals surface area (Å²) in [6.07, 6.45) is 0. The quantitative estimate of drug-likeness (QED) is 0.833. The summed E-state index contributed by atoms with van der Waals surface area (Å²) < 4.78 is 12.0. The third-order valence-corrected chi connectivity index (χ3v) is 4.53. The number of thiophene rings is 1. The Balaban J connectivity index is 2.48. The second kappa shape index (κ2) is 5.90. The molecule has 96 valence electrons. The first-order valence-electron chi connectivity index (χ1n) is 5.37. The van der Waals surface area contributed by atoms with Gasteiger partial charge >= 0.3 is 0 Å². The fraction of sp³-hybridized carbons (Fsp3) is 0.231. The predicted octanol–water partition coefficient (Wildman–Crippen LogP) is 3.42. The molecule has 0 amide bonds. The Morgan fingerprint density at radius 2 is 1.83 bits per heavy atom. The minimum Gasteiger partial charge on any atom is -0.496 e. The molecule has 2 N–H and O–H groups in total. The maximum absolute atomic E-state index is 6.33. The largest absolute Gasteiger partial charge is 0.496 e. The number of benzene rings is 1. The van der Waals surface area contributed by atoms with Crippen LogP contribution in [0, 0.1) is 2.88 Å². The van der Waals surface area contributed by atoms with Gasteiger partial charge in [0.1, 0.15) is 11.5 Å². The fourth-order valence-electron chi connectivity index (χ4n) is 1.84. The Hall–Kier alpha value is -0.790. The zero-order chi connectivity index (χ0) is 13.1. The van der Waals surface area contributed by atoms with E-state index in [4.69, 9.17) is 15.2 Å². The molecule has 1 unspecified atom stereocenters. The molecule has 2 aromatic rings. The molecule has 0 aliphatic heterocycles. The summed E-state index contributed by atoms with van der Waals surface area (Å²) in [7, 11) is 3.28. The van der Waals surface area contributed by atoms with E-state index >= 15 is 0 Å². The molecule has 5 heteroatoms. The van der Waals surface area contributed by atoms with Crippen LogP contribution in [0.15, 0.2) is 29.6 Å². The van der Waals surface area contributed by atoms with Gasteiger partial charge in [0.2, 0.25) is 0 Å². The summed E-state index contributed by atoms with van der Waals surface area (Å²) in [4.78, 5) is 0. The van der Waals surface area contributed by atoms with Crippen molar-refractivity contribution in [2.45, 2.75) is 6.04 Å². The molecule has 1 atom stereocenters. The molecule has 18 heavy (non-hydrogen) atoms. The van der Waals surface area contributed by atoms with Crippen LogP contribution in [-0.4, -0.2) is 14.2 Å². The van der Waals surface area contributed by atoms with Crippen LogP contribution in [0.3, 0.4) is 0 Å². The minimum absolute atomic E-state index is 0.240. The van der Waals surface area contributed by atoms with Gasteiger partial charge in [-0.25, -0.2) is 0 Å². The van der Waals surface area contributed by atoms with Gasteiger partial charge in [-0.05, 0) is 51.7 Å². The first-order chi connectivity index (χ1) is 8.67. The van der Waals surface area contributed by atoms with Crippen molar-refractivity contribution >= 4 is 33.9 Å². The van der Waals surface area contributed by atoms with E-state index in [0.717, 1.165) is 22.6 Å². The lowest BCUT2D eigenvalue weighted by Gasteiger charge is -2.18. The van der Waals surface area contributed by atoms with Gasteiger partial charge in [-0.1, -0.05) is 6.07 Å². The summed E-state index contributed by atoms with van der Waals surface area (Å²) in [6.45, 7) is 0.